The zero-order chi connectivity index (χ0) is 20.9. The Hall–Kier alpha value is -2.42. The quantitative estimate of drug-likeness (QED) is 0.307. The molecule has 1 aliphatic rings. The average Bonchev–Trinajstić information content (AvgIpc) is 3.05. The van der Waals surface area contributed by atoms with Crippen molar-refractivity contribution >= 4 is 10.1 Å². The second kappa shape index (κ2) is 8.94. The molecule has 1 fully saturated rings. The number of aryl methyl sites for hydroxylation is 1. The fourth-order valence-electron chi connectivity index (χ4n) is 3.55. The minimum Gasteiger partial charge on any atom is -0.396 e. The Kier molecular flexibility index (Phi) is 6.56. The summed E-state index contributed by atoms with van der Waals surface area (Å²) in [5, 5.41) is 13.9. The summed E-state index contributed by atoms with van der Waals surface area (Å²) in [6, 6.07) is 15.5. The van der Waals surface area contributed by atoms with Gasteiger partial charge in [0.25, 0.3) is 10.1 Å². The molecule has 0 radical (unpaired) electrons. The molecular weight excluding hydrogens is 392 g/mol. The molecule has 154 valence electrons. The van der Waals surface area contributed by atoms with Crippen LogP contribution in [0.2, 0.25) is 0 Å². The van der Waals surface area contributed by atoms with Crippen molar-refractivity contribution in [1.82, 2.24) is 4.90 Å². The van der Waals surface area contributed by atoms with E-state index in [1.807, 2.05) is 42.2 Å². The summed E-state index contributed by atoms with van der Waals surface area (Å²) in [6.07, 6.45) is 0. The fourth-order valence-corrected chi connectivity index (χ4v) is 4.54. The Morgan fingerprint density at radius 1 is 1.24 bits per heavy atom. The molecule has 0 saturated carbocycles. The van der Waals surface area contributed by atoms with E-state index in [4.69, 9.17) is 9.71 Å². The summed E-state index contributed by atoms with van der Waals surface area (Å²) in [5.41, 5.74) is 9.97. The summed E-state index contributed by atoms with van der Waals surface area (Å²) in [7, 11) is -3.99. The Labute approximate surface area is 170 Å². The number of likely N-dealkylation sites (tertiary alicyclic amines) is 1. The third kappa shape index (κ3) is 4.95. The maximum absolute atomic E-state index is 12.6. The number of benzene rings is 2. The smallest absolute Gasteiger partial charge is 0.296 e. The van der Waals surface area contributed by atoms with Gasteiger partial charge < -0.3 is 5.11 Å². The zero-order valence-electron chi connectivity index (χ0n) is 16.2. The largest absolute Gasteiger partial charge is 0.396 e. The molecular formula is C20H24N4O4S. The molecule has 0 aromatic heterocycles. The lowest BCUT2D eigenvalue weighted by molar-refractivity contribution is 0.0643. The standard InChI is InChI=1S/C20H24N4O4S/c1-16-7-9-18(10-8-16)29(26,27)28-15-20(14-25)13-24(12-19(20)22-23-21)11-17-5-3-2-4-6-17/h2-10,19,25H,11-15H2,1H3. The summed E-state index contributed by atoms with van der Waals surface area (Å²) < 4.78 is 30.5. The number of azide groups is 1. The van der Waals surface area contributed by atoms with Crippen molar-refractivity contribution in [3.8, 4) is 0 Å². The summed E-state index contributed by atoms with van der Waals surface area (Å²) in [6.45, 7) is 2.60. The molecule has 29 heavy (non-hydrogen) atoms. The van der Waals surface area contributed by atoms with Crippen LogP contribution in [0.3, 0.4) is 0 Å². The molecule has 1 aliphatic heterocycles. The Morgan fingerprint density at radius 3 is 2.55 bits per heavy atom. The maximum Gasteiger partial charge on any atom is 0.296 e. The molecule has 0 amide bonds. The summed E-state index contributed by atoms with van der Waals surface area (Å²) >= 11 is 0. The Bertz CT molecular complexity index is 975. The van der Waals surface area contributed by atoms with Crippen LogP contribution in [0, 0.1) is 12.3 Å². The van der Waals surface area contributed by atoms with Gasteiger partial charge >= 0.3 is 0 Å². The maximum atomic E-state index is 12.6. The van der Waals surface area contributed by atoms with Crippen LogP contribution in [0.1, 0.15) is 11.1 Å². The van der Waals surface area contributed by atoms with Gasteiger partial charge in [0.05, 0.1) is 24.2 Å². The first-order valence-electron chi connectivity index (χ1n) is 9.26. The highest BCUT2D eigenvalue weighted by atomic mass is 32.2. The van der Waals surface area contributed by atoms with E-state index in [0.29, 0.717) is 19.6 Å². The van der Waals surface area contributed by atoms with E-state index in [0.717, 1.165) is 11.1 Å². The normalized spacial score (nSPS) is 22.3. The summed E-state index contributed by atoms with van der Waals surface area (Å²) in [5.74, 6) is 0. The minimum absolute atomic E-state index is 0.0515. The van der Waals surface area contributed by atoms with Crippen LogP contribution in [0.15, 0.2) is 64.6 Å². The second-order valence-electron chi connectivity index (χ2n) is 7.43. The van der Waals surface area contributed by atoms with Crippen molar-refractivity contribution in [1.29, 1.82) is 0 Å². The van der Waals surface area contributed by atoms with Crippen molar-refractivity contribution in [2.75, 3.05) is 26.3 Å². The fraction of sp³-hybridized carbons (Fsp3) is 0.400. The van der Waals surface area contributed by atoms with E-state index < -0.39 is 21.6 Å². The summed E-state index contributed by atoms with van der Waals surface area (Å²) in [4.78, 5) is 4.98. The first-order valence-corrected chi connectivity index (χ1v) is 10.7. The molecule has 0 spiro atoms. The topological polar surface area (TPSA) is 116 Å². The number of hydrogen-bond donors (Lipinski definition) is 1. The molecule has 2 aromatic carbocycles. The van der Waals surface area contributed by atoms with Gasteiger partial charge in [0.2, 0.25) is 0 Å². The second-order valence-corrected chi connectivity index (χ2v) is 9.04. The third-order valence-electron chi connectivity index (χ3n) is 5.24. The van der Waals surface area contributed by atoms with Crippen molar-refractivity contribution in [3.63, 3.8) is 0 Å². The van der Waals surface area contributed by atoms with Gasteiger partial charge in [-0.3, -0.25) is 9.08 Å². The lowest BCUT2D eigenvalue weighted by Crippen LogP contribution is -2.42. The number of rotatable bonds is 8. The number of hydrogen-bond acceptors (Lipinski definition) is 6. The van der Waals surface area contributed by atoms with Crippen LogP contribution in [-0.4, -0.2) is 50.8 Å². The van der Waals surface area contributed by atoms with Crippen molar-refractivity contribution in [2.45, 2.75) is 24.4 Å². The van der Waals surface area contributed by atoms with Crippen molar-refractivity contribution in [3.05, 3.63) is 76.2 Å². The van der Waals surface area contributed by atoms with Crippen molar-refractivity contribution < 1.29 is 17.7 Å². The van der Waals surface area contributed by atoms with Gasteiger partial charge in [-0.05, 0) is 30.2 Å². The van der Waals surface area contributed by atoms with Crippen LogP contribution in [0.4, 0.5) is 0 Å². The highest BCUT2D eigenvalue weighted by Crippen LogP contribution is 2.35. The molecule has 2 unspecified atom stereocenters. The molecule has 1 heterocycles. The molecule has 1 N–H and O–H groups in total. The average molecular weight is 417 g/mol. The minimum atomic E-state index is -3.99. The van der Waals surface area contributed by atoms with Gasteiger partial charge in [0.1, 0.15) is 0 Å². The van der Waals surface area contributed by atoms with Crippen LogP contribution in [0.25, 0.3) is 10.4 Å². The Balaban J connectivity index is 1.77. The van der Waals surface area contributed by atoms with Gasteiger partial charge in [0, 0.05) is 30.0 Å². The van der Waals surface area contributed by atoms with Crippen LogP contribution in [0.5, 0.6) is 0 Å². The van der Waals surface area contributed by atoms with Gasteiger partial charge in [-0.2, -0.15) is 8.42 Å². The number of aliphatic hydroxyl groups is 1. The first kappa shape index (κ1) is 21.3. The Morgan fingerprint density at radius 2 is 1.93 bits per heavy atom. The molecule has 9 heteroatoms. The molecule has 0 bridgehead atoms. The van der Waals surface area contributed by atoms with Gasteiger partial charge in [-0.15, -0.1) is 0 Å². The SMILES string of the molecule is Cc1ccc(S(=O)(=O)OCC2(CO)CN(Cc3ccccc3)CC2N=[N+]=[N-])cc1. The van der Waals surface area contributed by atoms with Crippen LogP contribution in [-0.2, 0) is 20.8 Å². The third-order valence-corrected chi connectivity index (χ3v) is 6.52. The monoisotopic (exact) mass is 416 g/mol. The highest BCUT2D eigenvalue weighted by Gasteiger charge is 2.47. The molecule has 3 rings (SSSR count). The lowest BCUT2D eigenvalue weighted by atomic mass is 9.85. The van der Waals surface area contributed by atoms with E-state index in [2.05, 4.69) is 10.0 Å². The van der Waals surface area contributed by atoms with Crippen LogP contribution < -0.4 is 0 Å². The molecule has 0 aliphatic carbocycles. The van der Waals surface area contributed by atoms with Gasteiger partial charge in [-0.25, -0.2) is 0 Å². The molecule has 1 saturated heterocycles. The molecule has 2 atom stereocenters. The molecule has 2 aromatic rings. The van der Waals surface area contributed by atoms with E-state index in [-0.39, 0.29) is 18.1 Å². The van der Waals surface area contributed by atoms with Crippen molar-refractivity contribution in [2.24, 2.45) is 10.5 Å². The van der Waals surface area contributed by atoms with E-state index in [9.17, 15) is 13.5 Å². The molecule has 8 nitrogen and oxygen atoms in total. The number of nitrogens with zero attached hydrogens (tertiary/aromatic N) is 4. The van der Waals surface area contributed by atoms with Gasteiger partial charge in [-0.1, -0.05) is 53.1 Å². The lowest BCUT2D eigenvalue weighted by Gasteiger charge is -2.30. The van der Waals surface area contributed by atoms with E-state index in [1.54, 1.807) is 12.1 Å². The van der Waals surface area contributed by atoms with Gasteiger partial charge in [0.15, 0.2) is 0 Å². The van der Waals surface area contributed by atoms with E-state index in [1.165, 1.54) is 12.1 Å². The van der Waals surface area contributed by atoms with E-state index >= 15 is 0 Å². The first-order chi connectivity index (χ1) is 13.9. The zero-order valence-corrected chi connectivity index (χ0v) is 17.0. The number of aliphatic hydroxyl groups excluding tert-OH is 1. The highest BCUT2D eigenvalue weighted by molar-refractivity contribution is 7.86. The predicted octanol–water partition coefficient (Wildman–Crippen LogP) is 2.87. The van der Waals surface area contributed by atoms with Crippen LogP contribution >= 0.6 is 0 Å². The predicted molar refractivity (Wildman–Crippen MR) is 108 cm³/mol.